The smallest absolute Gasteiger partial charge is 0.127 e. The minimum atomic E-state index is -0.150. The van der Waals surface area contributed by atoms with E-state index in [1.165, 1.54) is 19.1 Å². The molecule has 0 radical (unpaired) electrons. The van der Waals surface area contributed by atoms with Gasteiger partial charge in [0.05, 0.1) is 0 Å². The van der Waals surface area contributed by atoms with E-state index in [2.05, 4.69) is 24.9 Å². The number of hydrogen-bond donors (Lipinski definition) is 0. The van der Waals surface area contributed by atoms with E-state index in [1.54, 1.807) is 0 Å². The molecule has 2 nitrogen and oxygen atoms in total. The van der Waals surface area contributed by atoms with Crippen molar-refractivity contribution >= 4 is 17.9 Å². The average Bonchev–Trinajstić information content (AvgIpc) is 2.44. The predicted octanol–water partition coefficient (Wildman–Crippen LogP) is 4.17. The van der Waals surface area contributed by atoms with Gasteiger partial charge in [-0.3, -0.25) is 0 Å². The lowest BCUT2D eigenvalue weighted by Gasteiger charge is -2.37. The number of rotatable bonds is 5. The molecular weight excluding hydrogens is 270 g/mol. The Morgan fingerprint density at radius 1 is 1.35 bits per heavy atom. The van der Waals surface area contributed by atoms with Crippen molar-refractivity contribution in [3.8, 4) is 0 Å². The first-order valence-electron chi connectivity index (χ1n) is 7.43. The van der Waals surface area contributed by atoms with Gasteiger partial charge in [-0.05, 0) is 50.3 Å². The second-order valence-electron chi connectivity index (χ2n) is 6.43. The van der Waals surface area contributed by atoms with Gasteiger partial charge in [-0.15, -0.1) is 0 Å². The fourth-order valence-electron chi connectivity index (χ4n) is 3.16. The van der Waals surface area contributed by atoms with Gasteiger partial charge in [0.1, 0.15) is 6.29 Å². The molecule has 110 valence electrons. The summed E-state index contributed by atoms with van der Waals surface area (Å²) in [5, 5.41) is 0.803. The highest BCUT2D eigenvalue weighted by Crippen LogP contribution is 2.38. The summed E-state index contributed by atoms with van der Waals surface area (Å²) in [4.78, 5) is 13.8. The van der Waals surface area contributed by atoms with Gasteiger partial charge >= 0.3 is 0 Å². The molecule has 0 unspecified atom stereocenters. The Labute approximate surface area is 127 Å². The maximum atomic E-state index is 11.6. The second-order valence-corrected chi connectivity index (χ2v) is 6.83. The molecule has 1 aromatic carbocycles. The van der Waals surface area contributed by atoms with Crippen LogP contribution in [0.25, 0.3) is 0 Å². The number of carbonyl (C=O) groups is 1. The van der Waals surface area contributed by atoms with Crippen molar-refractivity contribution in [1.29, 1.82) is 0 Å². The van der Waals surface area contributed by atoms with Crippen LogP contribution in [0.15, 0.2) is 24.3 Å². The van der Waals surface area contributed by atoms with E-state index < -0.39 is 0 Å². The Hall–Kier alpha value is -0.860. The molecule has 20 heavy (non-hydrogen) atoms. The van der Waals surface area contributed by atoms with Crippen molar-refractivity contribution in [3.63, 3.8) is 0 Å². The Bertz CT molecular complexity index is 452. The normalized spacial score (nSPS) is 26.7. The number of benzene rings is 1. The van der Waals surface area contributed by atoms with Crippen molar-refractivity contribution in [2.45, 2.75) is 39.2 Å². The maximum absolute atomic E-state index is 11.6. The van der Waals surface area contributed by atoms with Crippen LogP contribution >= 0.6 is 11.6 Å². The maximum Gasteiger partial charge on any atom is 0.127 e. The van der Waals surface area contributed by atoms with Gasteiger partial charge in [0, 0.05) is 23.5 Å². The molecule has 1 aliphatic carbocycles. The summed E-state index contributed by atoms with van der Waals surface area (Å²) in [6.45, 7) is 3.90. The largest absolute Gasteiger partial charge is 0.303 e. The predicted molar refractivity (Wildman–Crippen MR) is 83.9 cm³/mol. The van der Waals surface area contributed by atoms with Crippen LogP contribution in [0, 0.1) is 11.3 Å². The molecule has 3 heteroatoms. The summed E-state index contributed by atoms with van der Waals surface area (Å²) < 4.78 is 0. The number of nitrogens with zero attached hydrogens (tertiary/aromatic N) is 1. The SMILES string of the molecule is CC1CCC(C=O)(CN(C)Cc2ccccc2Cl)CC1. The molecule has 1 saturated carbocycles. The van der Waals surface area contributed by atoms with E-state index >= 15 is 0 Å². The topological polar surface area (TPSA) is 20.3 Å². The zero-order chi connectivity index (χ0) is 14.6. The van der Waals surface area contributed by atoms with Crippen molar-refractivity contribution in [2.75, 3.05) is 13.6 Å². The molecule has 0 atom stereocenters. The quantitative estimate of drug-likeness (QED) is 0.760. The minimum absolute atomic E-state index is 0.150. The standard InChI is InChI=1S/C17H24ClNO/c1-14-7-9-17(13-20,10-8-14)12-19(2)11-15-5-3-4-6-16(15)18/h3-6,13-14H,7-12H2,1-2H3. The highest BCUT2D eigenvalue weighted by Gasteiger charge is 2.34. The van der Waals surface area contributed by atoms with Gasteiger partial charge in [0.2, 0.25) is 0 Å². The zero-order valence-electron chi connectivity index (χ0n) is 12.4. The molecular formula is C17H24ClNO. The van der Waals surface area contributed by atoms with Crippen molar-refractivity contribution in [3.05, 3.63) is 34.9 Å². The molecule has 1 aliphatic rings. The molecule has 1 fully saturated rings. The molecule has 0 aromatic heterocycles. The van der Waals surface area contributed by atoms with Crippen LogP contribution in [0.2, 0.25) is 5.02 Å². The summed E-state index contributed by atoms with van der Waals surface area (Å²) in [7, 11) is 2.08. The first kappa shape index (κ1) is 15.5. The third-order valence-electron chi connectivity index (χ3n) is 4.50. The van der Waals surface area contributed by atoms with E-state index in [0.29, 0.717) is 0 Å². The van der Waals surface area contributed by atoms with Gasteiger partial charge in [0.25, 0.3) is 0 Å². The molecule has 0 N–H and O–H groups in total. The van der Waals surface area contributed by atoms with Gasteiger partial charge in [-0.25, -0.2) is 0 Å². The van der Waals surface area contributed by atoms with Crippen molar-refractivity contribution in [2.24, 2.45) is 11.3 Å². The lowest BCUT2D eigenvalue weighted by molar-refractivity contribution is -0.119. The fourth-order valence-corrected chi connectivity index (χ4v) is 3.36. The lowest BCUT2D eigenvalue weighted by Crippen LogP contribution is -2.39. The van der Waals surface area contributed by atoms with Crippen LogP contribution in [-0.4, -0.2) is 24.8 Å². The van der Waals surface area contributed by atoms with Gasteiger partial charge < -0.3 is 9.69 Å². The first-order valence-corrected chi connectivity index (χ1v) is 7.81. The zero-order valence-corrected chi connectivity index (χ0v) is 13.2. The van der Waals surface area contributed by atoms with Crippen LogP contribution in [0.1, 0.15) is 38.2 Å². The average molecular weight is 294 g/mol. The highest BCUT2D eigenvalue weighted by atomic mass is 35.5. The van der Waals surface area contributed by atoms with Crippen LogP contribution in [0.5, 0.6) is 0 Å². The molecule has 2 rings (SSSR count). The van der Waals surface area contributed by atoms with Gasteiger partial charge in [0.15, 0.2) is 0 Å². The van der Waals surface area contributed by atoms with Gasteiger partial charge in [-0.2, -0.15) is 0 Å². The van der Waals surface area contributed by atoms with Crippen LogP contribution in [0.4, 0.5) is 0 Å². The Morgan fingerprint density at radius 3 is 2.60 bits per heavy atom. The molecule has 1 aromatic rings. The summed E-state index contributed by atoms with van der Waals surface area (Å²) in [5.41, 5.74) is 0.976. The van der Waals surface area contributed by atoms with E-state index in [0.717, 1.165) is 42.4 Å². The van der Waals surface area contributed by atoms with E-state index in [4.69, 9.17) is 11.6 Å². The van der Waals surface area contributed by atoms with E-state index in [1.807, 2.05) is 18.2 Å². The third-order valence-corrected chi connectivity index (χ3v) is 4.87. The van der Waals surface area contributed by atoms with E-state index in [9.17, 15) is 4.79 Å². The Morgan fingerprint density at radius 2 is 2.00 bits per heavy atom. The molecule has 0 saturated heterocycles. The van der Waals surface area contributed by atoms with E-state index in [-0.39, 0.29) is 5.41 Å². The number of carbonyl (C=O) groups excluding carboxylic acids is 1. The summed E-state index contributed by atoms with van der Waals surface area (Å²) in [5.74, 6) is 0.761. The molecule has 0 bridgehead atoms. The fraction of sp³-hybridized carbons (Fsp3) is 0.588. The minimum Gasteiger partial charge on any atom is -0.303 e. The molecule has 0 aliphatic heterocycles. The Kier molecular flexibility index (Phi) is 5.22. The number of halogens is 1. The van der Waals surface area contributed by atoms with Crippen LogP contribution in [0.3, 0.4) is 0 Å². The Balaban J connectivity index is 1.98. The summed E-state index contributed by atoms with van der Waals surface area (Å²) in [6, 6.07) is 7.92. The second kappa shape index (κ2) is 6.73. The summed E-state index contributed by atoms with van der Waals surface area (Å²) in [6.07, 6.45) is 5.56. The molecule has 0 heterocycles. The number of hydrogen-bond acceptors (Lipinski definition) is 2. The lowest BCUT2D eigenvalue weighted by atomic mass is 9.71. The molecule has 0 amide bonds. The third kappa shape index (κ3) is 3.83. The van der Waals surface area contributed by atoms with Crippen molar-refractivity contribution in [1.82, 2.24) is 4.90 Å². The van der Waals surface area contributed by atoms with Crippen LogP contribution < -0.4 is 0 Å². The first-order chi connectivity index (χ1) is 9.54. The number of aldehydes is 1. The van der Waals surface area contributed by atoms with Crippen LogP contribution in [-0.2, 0) is 11.3 Å². The molecule has 0 spiro atoms. The van der Waals surface area contributed by atoms with Gasteiger partial charge in [-0.1, -0.05) is 36.7 Å². The summed E-state index contributed by atoms with van der Waals surface area (Å²) >= 11 is 6.20. The monoisotopic (exact) mass is 293 g/mol. The van der Waals surface area contributed by atoms with Crippen molar-refractivity contribution < 1.29 is 4.79 Å². The highest BCUT2D eigenvalue weighted by molar-refractivity contribution is 6.31.